The molecular weight excluding hydrogens is 269 g/mol. The van der Waals surface area contributed by atoms with E-state index in [4.69, 9.17) is 0 Å². The summed E-state index contributed by atoms with van der Waals surface area (Å²) in [5.74, 6) is -0.474. The van der Waals surface area contributed by atoms with Crippen LogP contribution in [0.4, 0.5) is 13.2 Å². The maximum Gasteiger partial charge on any atom is 0.406 e. The van der Waals surface area contributed by atoms with E-state index in [9.17, 15) is 18.0 Å². The summed E-state index contributed by atoms with van der Waals surface area (Å²) < 4.78 is 38.0. The standard InChI is InChI=1S/C14H17F3N2O/c1-2-6-11-13(20)19(9-14(15,16)17)12(18-11)10-7-4-3-5-8-10/h3-5,7-8,11-12,18H,2,6,9H2,1H3. The van der Waals surface area contributed by atoms with E-state index in [1.165, 1.54) is 0 Å². The minimum Gasteiger partial charge on any atom is -0.312 e. The van der Waals surface area contributed by atoms with Gasteiger partial charge in [-0.1, -0.05) is 43.7 Å². The van der Waals surface area contributed by atoms with Gasteiger partial charge in [0.1, 0.15) is 12.7 Å². The first kappa shape index (κ1) is 14.8. The highest BCUT2D eigenvalue weighted by Gasteiger charge is 2.44. The third kappa shape index (κ3) is 3.30. The molecule has 6 heteroatoms. The molecule has 20 heavy (non-hydrogen) atoms. The van der Waals surface area contributed by atoms with Crippen molar-refractivity contribution in [3.05, 3.63) is 35.9 Å². The van der Waals surface area contributed by atoms with Gasteiger partial charge >= 0.3 is 6.18 Å². The molecule has 0 radical (unpaired) electrons. The van der Waals surface area contributed by atoms with Gasteiger partial charge in [0, 0.05) is 0 Å². The predicted octanol–water partition coefficient (Wildman–Crippen LogP) is 2.85. The molecule has 0 bridgehead atoms. The summed E-state index contributed by atoms with van der Waals surface area (Å²) in [5.41, 5.74) is 0.670. The minimum atomic E-state index is -4.40. The topological polar surface area (TPSA) is 32.3 Å². The summed E-state index contributed by atoms with van der Waals surface area (Å²) in [6.45, 7) is 0.678. The van der Waals surface area contributed by atoms with Gasteiger partial charge in [-0.25, -0.2) is 0 Å². The Kier molecular flexibility index (Phi) is 4.32. The number of rotatable bonds is 4. The van der Waals surface area contributed by atoms with Gasteiger partial charge in [-0.05, 0) is 12.0 Å². The first-order valence-electron chi connectivity index (χ1n) is 6.60. The Hall–Kier alpha value is -1.56. The van der Waals surface area contributed by atoms with Crippen molar-refractivity contribution in [2.24, 2.45) is 0 Å². The third-order valence-electron chi connectivity index (χ3n) is 3.29. The van der Waals surface area contributed by atoms with E-state index in [2.05, 4.69) is 5.32 Å². The molecule has 0 aliphatic carbocycles. The Morgan fingerprint density at radius 1 is 1.25 bits per heavy atom. The van der Waals surface area contributed by atoms with Crippen molar-refractivity contribution in [2.75, 3.05) is 6.54 Å². The second kappa shape index (κ2) is 5.83. The van der Waals surface area contributed by atoms with E-state index in [-0.39, 0.29) is 0 Å². The Bertz CT molecular complexity index is 461. The van der Waals surface area contributed by atoms with Crippen LogP contribution in [-0.4, -0.2) is 29.6 Å². The molecule has 1 aromatic carbocycles. The molecule has 2 rings (SSSR count). The van der Waals surface area contributed by atoms with E-state index in [0.717, 1.165) is 11.3 Å². The van der Waals surface area contributed by atoms with Crippen molar-refractivity contribution in [1.82, 2.24) is 10.2 Å². The van der Waals surface area contributed by atoms with Crippen LogP contribution in [0, 0.1) is 0 Å². The number of alkyl halides is 3. The smallest absolute Gasteiger partial charge is 0.312 e. The molecule has 110 valence electrons. The molecule has 0 spiro atoms. The fourth-order valence-electron chi connectivity index (χ4n) is 2.45. The molecule has 1 heterocycles. The molecule has 1 saturated heterocycles. The summed E-state index contributed by atoms with van der Waals surface area (Å²) in [6.07, 6.45) is -3.82. The second-order valence-corrected chi connectivity index (χ2v) is 4.90. The molecule has 1 aliphatic rings. The molecule has 1 N–H and O–H groups in total. The van der Waals surface area contributed by atoms with Crippen molar-refractivity contribution in [3.63, 3.8) is 0 Å². The van der Waals surface area contributed by atoms with E-state index in [0.29, 0.717) is 12.0 Å². The van der Waals surface area contributed by atoms with Crippen LogP contribution in [0.2, 0.25) is 0 Å². The number of benzene rings is 1. The zero-order valence-corrected chi connectivity index (χ0v) is 11.2. The van der Waals surface area contributed by atoms with Crippen LogP contribution in [0.1, 0.15) is 31.5 Å². The molecule has 2 unspecified atom stereocenters. The Morgan fingerprint density at radius 3 is 2.45 bits per heavy atom. The van der Waals surface area contributed by atoms with Crippen molar-refractivity contribution in [2.45, 2.75) is 38.1 Å². The van der Waals surface area contributed by atoms with E-state index >= 15 is 0 Å². The zero-order chi connectivity index (χ0) is 14.8. The monoisotopic (exact) mass is 286 g/mol. The lowest BCUT2D eigenvalue weighted by Gasteiger charge is -2.25. The lowest BCUT2D eigenvalue weighted by molar-refractivity contribution is -0.161. The van der Waals surface area contributed by atoms with E-state index in [1.807, 2.05) is 6.92 Å². The van der Waals surface area contributed by atoms with Crippen LogP contribution in [0.15, 0.2) is 30.3 Å². The number of halogens is 3. The number of hydrogen-bond acceptors (Lipinski definition) is 2. The van der Waals surface area contributed by atoms with Gasteiger partial charge in [-0.15, -0.1) is 0 Å². The van der Waals surface area contributed by atoms with Gasteiger partial charge in [0.05, 0.1) is 6.04 Å². The van der Waals surface area contributed by atoms with Crippen molar-refractivity contribution in [3.8, 4) is 0 Å². The molecular formula is C14H17F3N2O. The molecule has 0 aromatic heterocycles. The number of hydrogen-bond donors (Lipinski definition) is 1. The number of carbonyl (C=O) groups excluding carboxylic acids is 1. The number of amides is 1. The largest absolute Gasteiger partial charge is 0.406 e. The number of carbonyl (C=O) groups is 1. The van der Waals surface area contributed by atoms with Gasteiger partial charge in [0.15, 0.2) is 0 Å². The SMILES string of the molecule is CCCC1NC(c2ccccc2)N(CC(F)(F)F)C1=O. The predicted molar refractivity (Wildman–Crippen MR) is 68.8 cm³/mol. The number of nitrogens with zero attached hydrogens (tertiary/aromatic N) is 1. The van der Waals surface area contributed by atoms with Crippen LogP contribution in [-0.2, 0) is 4.79 Å². The summed E-state index contributed by atoms with van der Waals surface area (Å²) >= 11 is 0. The van der Waals surface area contributed by atoms with Gasteiger partial charge in [-0.2, -0.15) is 13.2 Å². The molecule has 3 nitrogen and oxygen atoms in total. The number of nitrogens with one attached hydrogen (secondary N) is 1. The maximum absolute atomic E-state index is 12.7. The van der Waals surface area contributed by atoms with Crippen LogP contribution in [0.3, 0.4) is 0 Å². The molecule has 1 fully saturated rings. The first-order chi connectivity index (χ1) is 9.42. The van der Waals surface area contributed by atoms with Crippen LogP contribution >= 0.6 is 0 Å². The fourth-order valence-corrected chi connectivity index (χ4v) is 2.45. The van der Waals surface area contributed by atoms with Crippen LogP contribution in [0.25, 0.3) is 0 Å². The van der Waals surface area contributed by atoms with Gasteiger partial charge in [0.25, 0.3) is 0 Å². The first-order valence-corrected chi connectivity index (χ1v) is 6.60. The highest BCUT2D eigenvalue weighted by Crippen LogP contribution is 2.30. The molecule has 1 amide bonds. The molecule has 1 aromatic rings. The molecule has 1 aliphatic heterocycles. The average molecular weight is 286 g/mol. The van der Waals surface area contributed by atoms with Gasteiger partial charge in [-0.3, -0.25) is 10.1 Å². The highest BCUT2D eigenvalue weighted by molar-refractivity contribution is 5.84. The molecule has 0 saturated carbocycles. The highest BCUT2D eigenvalue weighted by atomic mass is 19.4. The summed E-state index contributed by atoms with van der Waals surface area (Å²) in [6, 6.07) is 8.21. The fraction of sp³-hybridized carbons (Fsp3) is 0.500. The minimum absolute atomic E-state index is 0.474. The zero-order valence-electron chi connectivity index (χ0n) is 11.2. The summed E-state index contributed by atoms with van der Waals surface area (Å²) in [4.78, 5) is 13.0. The Labute approximate surface area is 115 Å². The van der Waals surface area contributed by atoms with Gasteiger partial charge in [0.2, 0.25) is 5.91 Å². The normalized spacial score (nSPS) is 23.4. The third-order valence-corrected chi connectivity index (χ3v) is 3.29. The molecule has 2 atom stereocenters. The second-order valence-electron chi connectivity index (χ2n) is 4.90. The van der Waals surface area contributed by atoms with Crippen LogP contribution < -0.4 is 5.32 Å². The lowest BCUT2D eigenvalue weighted by atomic mass is 10.1. The van der Waals surface area contributed by atoms with E-state index < -0.39 is 30.8 Å². The Morgan fingerprint density at radius 2 is 1.90 bits per heavy atom. The lowest BCUT2D eigenvalue weighted by Crippen LogP contribution is -2.38. The average Bonchev–Trinajstić information content (AvgIpc) is 2.68. The van der Waals surface area contributed by atoms with Crippen molar-refractivity contribution < 1.29 is 18.0 Å². The summed E-state index contributed by atoms with van der Waals surface area (Å²) in [5, 5.41) is 3.01. The van der Waals surface area contributed by atoms with Crippen LogP contribution in [0.5, 0.6) is 0 Å². The van der Waals surface area contributed by atoms with Crippen molar-refractivity contribution in [1.29, 1.82) is 0 Å². The van der Waals surface area contributed by atoms with E-state index in [1.54, 1.807) is 30.3 Å². The van der Waals surface area contributed by atoms with Crippen molar-refractivity contribution >= 4 is 5.91 Å². The van der Waals surface area contributed by atoms with Gasteiger partial charge < -0.3 is 4.90 Å². The maximum atomic E-state index is 12.7. The quantitative estimate of drug-likeness (QED) is 0.923. The Balaban J connectivity index is 2.25. The summed E-state index contributed by atoms with van der Waals surface area (Å²) in [7, 11) is 0.